The normalized spacial score (nSPS) is 15.5. The molecule has 0 spiro atoms. The summed E-state index contributed by atoms with van der Waals surface area (Å²) in [5, 5.41) is 28.1. The van der Waals surface area contributed by atoms with Gasteiger partial charge in [0, 0.05) is 47.1 Å². The summed E-state index contributed by atoms with van der Waals surface area (Å²) in [5.74, 6) is -12.4. The maximum Gasteiger partial charge on any atom is 0.435 e. The van der Waals surface area contributed by atoms with E-state index < -0.39 is 190 Å². The highest BCUT2D eigenvalue weighted by Crippen LogP contribution is 2.50. The number of amides is 3. The van der Waals surface area contributed by atoms with Gasteiger partial charge < -0.3 is 20.8 Å². The number of halogens is 11. The molecule has 0 saturated carbocycles. The van der Waals surface area contributed by atoms with Crippen LogP contribution in [0.1, 0.15) is 67.1 Å². The molecule has 3 aromatic heterocycles. The molecule has 0 saturated heterocycles. The third-order valence-electron chi connectivity index (χ3n) is 12.0. The molecular weight excluding hydrogens is 1140 g/mol. The molecule has 0 bridgehead atoms. The molecule has 3 atom stereocenters. The number of sulfone groups is 1. The zero-order valence-corrected chi connectivity index (χ0v) is 43.6. The summed E-state index contributed by atoms with van der Waals surface area (Å²) in [5.41, 5.74) is -6.85. The number of carbonyl (C=O) groups is 5. The van der Waals surface area contributed by atoms with Crippen LogP contribution in [0.4, 0.5) is 49.7 Å². The lowest BCUT2D eigenvalue weighted by molar-refractivity contribution is -0.146. The molecule has 0 fully saturated rings. The van der Waals surface area contributed by atoms with E-state index in [0.29, 0.717) is 12.3 Å². The number of pyridine rings is 1. The SMILES string of the molecule is C[C@@H]1Cc2c(C(F)(F)F)nn(CC(=O)N[C@@H](Cc3cc(F)cc(F)c3)c3nc(C#CC(C)(C)S(C)(=O)=O)ccc3-c3ccc(Cl)c4c(N(C(=O)/C=C/C(=O)N[C@@H](CC(=O)O)C(=O)O)S(C)(=O)=O)nn(CC(F)(F)F)c34)c2C1(F)F. The number of benzene rings is 2. The molecular formula is C47H41ClF10N8O11S2. The fourth-order valence-corrected chi connectivity index (χ4v) is 9.42. The second-order valence-electron chi connectivity index (χ2n) is 18.4. The van der Waals surface area contributed by atoms with E-state index >= 15 is 8.78 Å². The van der Waals surface area contributed by atoms with Crippen molar-refractivity contribution in [2.45, 2.75) is 88.2 Å². The average molecular weight is 1180 g/mol. The van der Waals surface area contributed by atoms with Crippen molar-refractivity contribution < 1.29 is 94.9 Å². The van der Waals surface area contributed by atoms with E-state index in [1.54, 1.807) is 5.32 Å². The molecule has 3 amide bonds. The zero-order chi connectivity index (χ0) is 59.3. The van der Waals surface area contributed by atoms with E-state index in [1.165, 1.54) is 13.8 Å². The number of sulfonamides is 1. The highest BCUT2D eigenvalue weighted by Gasteiger charge is 2.54. The molecule has 1 aliphatic rings. The van der Waals surface area contributed by atoms with Crippen LogP contribution in [0.25, 0.3) is 22.0 Å². The van der Waals surface area contributed by atoms with E-state index in [2.05, 4.69) is 32.3 Å². The number of carbonyl (C=O) groups excluding carboxylic acids is 3. The van der Waals surface area contributed by atoms with Crippen LogP contribution < -0.4 is 14.9 Å². The van der Waals surface area contributed by atoms with Crippen LogP contribution in [0.2, 0.25) is 5.02 Å². The first-order valence-corrected chi connectivity index (χ1v) is 26.6. The monoisotopic (exact) mass is 1180 g/mol. The Labute approximate surface area is 445 Å². The van der Waals surface area contributed by atoms with Gasteiger partial charge in [0.05, 0.1) is 40.3 Å². The highest BCUT2D eigenvalue weighted by atomic mass is 35.5. The van der Waals surface area contributed by atoms with E-state index in [0.717, 1.165) is 49.6 Å². The number of hydrogen-bond acceptors (Lipinski definition) is 12. The number of carboxylic acids is 2. The minimum atomic E-state index is -5.29. The number of nitrogens with zero attached hydrogens (tertiary/aromatic N) is 6. The van der Waals surface area contributed by atoms with Crippen LogP contribution in [-0.2, 0) is 81.9 Å². The van der Waals surface area contributed by atoms with Gasteiger partial charge in [0.25, 0.3) is 11.8 Å². The Morgan fingerprint density at radius 1 is 0.911 bits per heavy atom. The minimum absolute atomic E-state index is 0.113. The summed E-state index contributed by atoms with van der Waals surface area (Å²) < 4.78 is 198. The lowest BCUT2D eigenvalue weighted by atomic mass is 9.93. The molecule has 424 valence electrons. The van der Waals surface area contributed by atoms with Crippen molar-refractivity contribution >= 4 is 77.8 Å². The number of hydrogen-bond donors (Lipinski definition) is 4. The minimum Gasteiger partial charge on any atom is -0.481 e. The van der Waals surface area contributed by atoms with Gasteiger partial charge in [0.2, 0.25) is 21.8 Å². The summed E-state index contributed by atoms with van der Waals surface area (Å²) in [6.45, 7) is -0.162. The van der Waals surface area contributed by atoms with E-state index in [-0.39, 0.29) is 37.1 Å². The van der Waals surface area contributed by atoms with Crippen LogP contribution in [0.15, 0.2) is 54.6 Å². The van der Waals surface area contributed by atoms with Crippen molar-refractivity contribution in [1.82, 2.24) is 35.2 Å². The molecule has 32 heteroatoms. The van der Waals surface area contributed by atoms with E-state index in [4.69, 9.17) is 16.7 Å². The van der Waals surface area contributed by atoms with Gasteiger partial charge in [-0.05, 0) is 68.5 Å². The first-order chi connectivity index (χ1) is 36.2. The van der Waals surface area contributed by atoms with Crippen molar-refractivity contribution in [3.8, 4) is 23.0 Å². The van der Waals surface area contributed by atoms with Crippen molar-refractivity contribution in [2.75, 3.05) is 16.8 Å². The first kappa shape index (κ1) is 60.6. The Morgan fingerprint density at radius 3 is 2.09 bits per heavy atom. The number of aliphatic carboxylic acids is 2. The summed E-state index contributed by atoms with van der Waals surface area (Å²) in [6, 6.07) is 2.05. The predicted octanol–water partition coefficient (Wildman–Crippen LogP) is 6.26. The molecule has 79 heavy (non-hydrogen) atoms. The number of rotatable bonds is 17. The predicted molar refractivity (Wildman–Crippen MR) is 258 cm³/mol. The third-order valence-corrected chi connectivity index (χ3v) is 15.3. The van der Waals surface area contributed by atoms with E-state index in [9.17, 15) is 81.0 Å². The third kappa shape index (κ3) is 13.6. The van der Waals surface area contributed by atoms with Crippen LogP contribution in [0.5, 0.6) is 0 Å². The van der Waals surface area contributed by atoms with Gasteiger partial charge in [0.1, 0.15) is 46.9 Å². The maximum absolute atomic E-state index is 15.6. The average Bonchev–Trinajstić information content (AvgIpc) is 4.18. The van der Waals surface area contributed by atoms with E-state index in [1.807, 2.05) is 0 Å². The smallest absolute Gasteiger partial charge is 0.435 e. The molecule has 0 radical (unpaired) electrons. The molecule has 3 heterocycles. The van der Waals surface area contributed by atoms with Crippen LogP contribution in [0, 0.1) is 29.4 Å². The van der Waals surface area contributed by atoms with Gasteiger partial charge in [-0.25, -0.2) is 35.4 Å². The first-order valence-electron chi connectivity index (χ1n) is 22.5. The Balaban J connectivity index is 1.63. The summed E-state index contributed by atoms with van der Waals surface area (Å²) in [4.78, 5) is 67.7. The maximum atomic E-state index is 15.6. The molecule has 1 aliphatic carbocycles. The lowest BCUT2D eigenvalue weighted by Crippen LogP contribution is -2.41. The van der Waals surface area contributed by atoms with Gasteiger partial charge in [-0.3, -0.25) is 28.5 Å². The van der Waals surface area contributed by atoms with Gasteiger partial charge >= 0.3 is 24.3 Å². The Hall–Kier alpha value is -7.59. The van der Waals surface area contributed by atoms with Crippen molar-refractivity contribution in [3.63, 3.8) is 0 Å². The number of nitrogens with one attached hydrogen (secondary N) is 2. The van der Waals surface area contributed by atoms with Crippen LogP contribution in [-0.4, -0.2) is 111 Å². The summed E-state index contributed by atoms with van der Waals surface area (Å²) in [6.07, 6.45) is -11.6. The van der Waals surface area contributed by atoms with Crippen LogP contribution in [0.3, 0.4) is 0 Å². The number of anilines is 1. The molecule has 4 N–H and O–H groups in total. The molecule has 6 rings (SSSR count). The highest BCUT2D eigenvalue weighted by molar-refractivity contribution is 7.93. The fraction of sp³-hybridized carbons (Fsp3) is 0.362. The molecule has 19 nitrogen and oxygen atoms in total. The van der Waals surface area contributed by atoms with Gasteiger partial charge in [-0.1, -0.05) is 30.5 Å². The zero-order valence-electron chi connectivity index (χ0n) is 41.2. The second kappa shape index (κ2) is 21.9. The van der Waals surface area contributed by atoms with Crippen molar-refractivity contribution in [2.24, 2.45) is 5.92 Å². The van der Waals surface area contributed by atoms with Gasteiger partial charge in [-0.15, -0.1) is 0 Å². The van der Waals surface area contributed by atoms with Gasteiger partial charge in [-0.2, -0.15) is 49.6 Å². The van der Waals surface area contributed by atoms with Crippen LogP contribution >= 0.6 is 11.6 Å². The Kier molecular flexibility index (Phi) is 16.8. The second-order valence-corrected chi connectivity index (χ2v) is 23.2. The topological polar surface area (TPSA) is 270 Å². The standard InChI is InChI=1S/C47H41ClF10N8O11S2/c1-22-14-29-40(47(56,57)58)62-64(41(29)46(22,54)55)20-34(68)60-31(17-23-15-24(49)18-25(50)16-23)38-27(7-6-26(59-38)12-13-44(2,3)78(4,74)75)28-8-9-30(48)37-39(28)65(21-45(51,52)53)63-42(37)66(79(5,76)77)35(69)11-10-33(67)61-32(43(72)73)19-36(70)71/h6-11,15-16,18,22,31-32H,14,17,19-21H2,1-5H3,(H,60,68)(H,61,67)(H,70,71)(H,72,73)/b11-10+/t22-,31+,32+/m1/s1. The lowest BCUT2D eigenvalue weighted by Gasteiger charge is -2.23. The molecule has 2 aromatic carbocycles. The summed E-state index contributed by atoms with van der Waals surface area (Å²) in [7, 11) is -9.04. The largest absolute Gasteiger partial charge is 0.481 e. The number of aromatic nitrogens is 5. The quantitative estimate of drug-likeness (QED) is 0.0455. The number of fused-ring (bicyclic) bond motifs is 2. The molecule has 5 aromatic rings. The Morgan fingerprint density at radius 2 is 1.53 bits per heavy atom. The molecule has 0 aliphatic heterocycles. The van der Waals surface area contributed by atoms with Crippen molar-refractivity contribution in [1.29, 1.82) is 0 Å². The molecule has 0 unspecified atom stereocenters. The Bertz CT molecular complexity index is 3650. The number of carboxylic acid groups (broad SMARTS) is 2. The fourth-order valence-electron chi connectivity index (χ4n) is 8.12. The van der Waals surface area contributed by atoms with Gasteiger partial charge in [0.15, 0.2) is 21.3 Å². The summed E-state index contributed by atoms with van der Waals surface area (Å²) >= 11 is 6.60. The van der Waals surface area contributed by atoms with Crippen molar-refractivity contribution in [3.05, 3.63) is 105 Å². The number of alkyl halides is 8.